The van der Waals surface area contributed by atoms with Gasteiger partial charge >= 0.3 is 0 Å². The second-order valence-electron chi connectivity index (χ2n) is 4.22. The van der Waals surface area contributed by atoms with Crippen LogP contribution in [0.4, 0.5) is 0 Å². The van der Waals surface area contributed by atoms with Crippen molar-refractivity contribution in [2.75, 3.05) is 32.8 Å². The minimum atomic E-state index is 0.703. The normalized spacial score (nSPS) is 18.2. The molecule has 0 radical (unpaired) electrons. The molecule has 0 bridgehead atoms. The molecule has 0 spiro atoms. The van der Waals surface area contributed by atoms with Crippen LogP contribution >= 0.6 is 0 Å². The zero-order valence-corrected chi connectivity index (χ0v) is 9.88. The molecule has 17 heavy (non-hydrogen) atoms. The Balaban J connectivity index is 1.89. The maximum atomic E-state index is 9.05. The van der Waals surface area contributed by atoms with Gasteiger partial charge in [0.2, 0.25) is 0 Å². The Labute approximate surface area is 101 Å². The Morgan fingerprint density at radius 1 is 1.24 bits per heavy atom. The third kappa shape index (κ3) is 3.84. The average Bonchev–Trinajstić information content (AvgIpc) is 2.40. The Morgan fingerprint density at radius 2 is 1.94 bits per heavy atom. The fourth-order valence-electron chi connectivity index (χ4n) is 1.97. The van der Waals surface area contributed by atoms with E-state index in [1.165, 1.54) is 5.56 Å². The standard InChI is InChI=1S/C13H18N2O2/c16-14-13(10-12-4-2-1-3-5-12)11-15-6-8-17-9-7-15/h1-5,16H,6-11H2/b14-13+. The van der Waals surface area contributed by atoms with E-state index in [0.717, 1.165) is 38.6 Å². The number of hydrogen-bond donors (Lipinski definition) is 1. The summed E-state index contributed by atoms with van der Waals surface area (Å²) in [5.41, 5.74) is 1.98. The molecule has 0 aliphatic carbocycles. The number of hydrogen-bond acceptors (Lipinski definition) is 4. The molecule has 92 valence electrons. The molecule has 0 unspecified atom stereocenters. The lowest BCUT2D eigenvalue weighted by molar-refractivity contribution is 0.0448. The molecule has 2 rings (SSSR count). The molecule has 1 fully saturated rings. The highest BCUT2D eigenvalue weighted by Crippen LogP contribution is 2.04. The molecule has 0 aromatic heterocycles. The van der Waals surface area contributed by atoms with E-state index in [2.05, 4.69) is 10.1 Å². The summed E-state index contributed by atoms with van der Waals surface area (Å²) in [5, 5.41) is 12.5. The molecular weight excluding hydrogens is 216 g/mol. The number of benzene rings is 1. The first-order chi connectivity index (χ1) is 8.38. The van der Waals surface area contributed by atoms with Crippen molar-refractivity contribution < 1.29 is 9.94 Å². The number of ether oxygens (including phenoxy) is 1. The number of nitrogens with zero attached hydrogens (tertiary/aromatic N) is 2. The second kappa shape index (κ2) is 6.37. The minimum absolute atomic E-state index is 0.703. The van der Waals surface area contributed by atoms with Gasteiger partial charge in [-0.15, -0.1) is 0 Å². The van der Waals surface area contributed by atoms with Crippen LogP contribution in [0.3, 0.4) is 0 Å². The molecule has 1 saturated heterocycles. The molecular formula is C13H18N2O2. The fraction of sp³-hybridized carbons (Fsp3) is 0.462. The lowest BCUT2D eigenvalue weighted by Gasteiger charge is -2.26. The van der Waals surface area contributed by atoms with Gasteiger partial charge in [-0.05, 0) is 5.56 Å². The topological polar surface area (TPSA) is 45.1 Å². The fourth-order valence-corrected chi connectivity index (χ4v) is 1.97. The highest BCUT2D eigenvalue weighted by atomic mass is 16.5. The zero-order chi connectivity index (χ0) is 11.9. The largest absolute Gasteiger partial charge is 0.411 e. The monoisotopic (exact) mass is 234 g/mol. The predicted molar refractivity (Wildman–Crippen MR) is 66.6 cm³/mol. The van der Waals surface area contributed by atoms with E-state index in [1.807, 2.05) is 30.3 Å². The predicted octanol–water partition coefficient (Wildman–Crippen LogP) is 1.39. The average molecular weight is 234 g/mol. The summed E-state index contributed by atoms with van der Waals surface area (Å²) in [7, 11) is 0. The molecule has 1 heterocycles. The zero-order valence-electron chi connectivity index (χ0n) is 9.88. The van der Waals surface area contributed by atoms with Crippen LogP contribution in [0.2, 0.25) is 0 Å². The molecule has 0 atom stereocenters. The van der Waals surface area contributed by atoms with Crippen LogP contribution in [0.15, 0.2) is 35.5 Å². The van der Waals surface area contributed by atoms with E-state index < -0.39 is 0 Å². The van der Waals surface area contributed by atoms with E-state index in [1.54, 1.807) is 0 Å². The number of rotatable bonds is 4. The smallest absolute Gasteiger partial charge is 0.0754 e. The molecule has 0 saturated carbocycles. The highest BCUT2D eigenvalue weighted by Gasteiger charge is 2.13. The van der Waals surface area contributed by atoms with Crippen LogP contribution in [-0.2, 0) is 11.2 Å². The van der Waals surface area contributed by atoms with E-state index >= 15 is 0 Å². The van der Waals surface area contributed by atoms with Crippen molar-refractivity contribution in [2.45, 2.75) is 6.42 Å². The maximum Gasteiger partial charge on any atom is 0.0754 e. The van der Waals surface area contributed by atoms with Gasteiger partial charge in [0.1, 0.15) is 0 Å². The molecule has 1 aromatic carbocycles. The molecule has 4 nitrogen and oxygen atoms in total. The second-order valence-corrected chi connectivity index (χ2v) is 4.22. The molecule has 1 N–H and O–H groups in total. The summed E-state index contributed by atoms with van der Waals surface area (Å²) in [5.74, 6) is 0. The Morgan fingerprint density at radius 3 is 2.59 bits per heavy atom. The Kier molecular flexibility index (Phi) is 4.53. The van der Waals surface area contributed by atoms with Crippen LogP contribution in [0, 0.1) is 0 Å². The van der Waals surface area contributed by atoms with Crippen molar-refractivity contribution in [3.8, 4) is 0 Å². The van der Waals surface area contributed by atoms with Gasteiger partial charge < -0.3 is 9.94 Å². The van der Waals surface area contributed by atoms with Gasteiger partial charge in [-0.3, -0.25) is 4.90 Å². The summed E-state index contributed by atoms with van der Waals surface area (Å²) < 4.78 is 5.29. The van der Waals surface area contributed by atoms with E-state index in [9.17, 15) is 0 Å². The first-order valence-electron chi connectivity index (χ1n) is 5.92. The van der Waals surface area contributed by atoms with E-state index in [0.29, 0.717) is 6.42 Å². The van der Waals surface area contributed by atoms with Crippen molar-refractivity contribution in [1.29, 1.82) is 0 Å². The first-order valence-corrected chi connectivity index (χ1v) is 5.92. The SMILES string of the molecule is O/N=C(\Cc1ccccc1)CN1CCOCC1. The van der Waals surface area contributed by atoms with Gasteiger partial charge in [0.25, 0.3) is 0 Å². The lowest BCUT2D eigenvalue weighted by atomic mass is 10.1. The van der Waals surface area contributed by atoms with Gasteiger partial charge in [0.15, 0.2) is 0 Å². The Hall–Kier alpha value is -1.39. The minimum Gasteiger partial charge on any atom is -0.411 e. The summed E-state index contributed by atoms with van der Waals surface area (Å²) in [6, 6.07) is 10.1. The van der Waals surface area contributed by atoms with Crippen molar-refractivity contribution in [1.82, 2.24) is 4.90 Å². The Bertz CT molecular complexity index is 359. The van der Waals surface area contributed by atoms with Crippen LogP contribution < -0.4 is 0 Å². The van der Waals surface area contributed by atoms with Crippen molar-refractivity contribution in [2.24, 2.45) is 5.16 Å². The lowest BCUT2D eigenvalue weighted by Crippen LogP contribution is -2.40. The van der Waals surface area contributed by atoms with Gasteiger partial charge in [-0.1, -0.05) is 35.5 Å². The summed E-state index contributed by atoms with van der Waals surface area (Å²) >= 11 is 0. The molecule has 4 heteroatoms. The van der Waals surface area contributed by atoms with Gasteiger partial charge in [-0.2, -0.15) is 0 Å². The summed E-state index contributed by atoms with van der Waals surface area (Å²) in [4.78, 5) is 2.25. The van der Waals surface area contributed by atoms with Crippen LogP contribution in [0.5, 0.6) is 0 Å². The number of morpholine rings is 1. The van der Waals surface area contributed by atoms with E-state index in [-0.39, 0.29) is 0 Å². The third-order valence-electron chi connectivity index (χ3n) is 2.90. The molecule has 1 aromatic rings. The van der Waals surface area contributed by atoms with Crippen molar-refractivity contribution in [3.63, 3.8) is 0 Å². The van der Waals surface area contributed by atoms with Crippen LogP contribution in [0.1, 0.15) is 5.56 Å². The van der Waals surface area contributed by atoms with Crippen molar-refractivity contribution >= 4 is 5.71 Å². The van der Waals surface area contributed by atoms with Crippen LogP contribution in [-0.4, -0.2) is 48.7 Å². The maximum absolute atomic E-state index is 9.05. The highest BCUT2D eigenvalue weighted by molar-refractivity contribution is 5.87. The van der Waals surface area contributed by atoms with Crippen molar-refractivity contribution in [3.05, 3.63) is 35.9 Å². The number of oxime groups is 1. The third-order valence-corrected chi connectivity index (χ3v) is 2.90. The molecule has 1 aliphatic rings. The molecule has 0 amide bonds. The van der Waals surface area contributed by atoms with Gasteiger partial charge in [0.05, 0.1) is 18.9 Å². The van der Waals surface area contributed by atoms with Gasteiger partial charge in [-0.25, -0.2) is 0 Å². The summed E-state index contributed by atoms with van der Waals surface area (Å²) in [6.07, 6.45) is 0.703. The van der Waals surface area contributed by atoms with E-state index in [4.69, 9.17) is 9.94 Å². The van der Waals surface area contributed by atoms with Gasteiger partial charge in [0, 0.05) is 26.1 Å². The molecule has 1 aliphatic heterocycles. The first kappa shape index (κ1) is 12.1. The quantitative estimate of drug-likeness (QED) is 0.486. The van der Waals surface area contributed by atoms with Crippen LogP contribution in [0.25, 0.3) is 0 Å². The summed E-state index contributed by atoms with van der Waals surface area (Å²) in [6.45, 7) is 4.07.